The minimum atomic E-state index is -3.93. The van der Waals surface area contributed by atoms with E-state index in [1.54, 1.807) is 62.3 Å². The number of hydrogen-bond acceptors (Lipinski definition) is 37. The van der Waals surface area contributed by atoms with Crippen molar-refractivity contribution in [2.75, 3.05) is 85.3 Å². The first kappa shape index (κ1) is 148. The van der Waals surface area contributed by atoms with Gasteiger partial charge in [0.1, 0.15) is 54.6 Å². The lowest BCUT2D eigenvalue weighted by molar-refractivity contribution is -0.169. The van der Waals surface area contributed by atoms with Crippen molar-refractivity contribution in [3.05, 3.63) is 98.6 Å². The number of carboxylic acid groups (broad SMARTS) is 10. The lowest BCUT2D eigenvalue weighted by atomic mass is 10.2. The summed E-state index contributed by atoms with van der Waals surface area (Å²) in [6, 6.07) is 8.19. The molecule has 70 heteroatoms. The quantitative estimate of drug-likeness (QED) is 0.00559. The second kappa shape index (κ2) is 79.4. The van der Waals surface area contributed by atoms with E-state index in [4.69, 9.17) is 163 Å². The molecule has 63 nitrogen and oxygen atoms in total. The number of carbonyl (C=O) groups excluding carboxylic acids is 5. The number of halogens is 6. The lowest BCUT2D eigenvalue weighted by Gasteiger charge is -2.35. The van der Waals surface area contributed by atoms with Crippen molar-refractivity contribution in [2.45, 2.75) is 255 Å². The molecule has 14 atom stereocenters. The Morgan fingerprint density at radius 3 is 1.20 bits per heavy atom. The molecule has 144 heavy (non-hydrogen) atoms. The first-order valence-electron chi connectivity index (χ1n) is 40.5. The number of morpholine rings is 1. The maximum absolute atomic E-state index is 12.4. The Labute approximate surface area is 814 Å². The number of aliphatic carboxylic acids is 10. The molecule has 0 aromatic heterocycles. The standard InChI is InChI=1S/C10H17NO5.C10H11NO4.C8H15NO5.C8H15NO4.C8H18O2Si.C6H12O.2C4H5F2N3O3.2C4H6FN3O3.2C4H7N3O4/c1-10(2,3)16-9(14)11-4-5-15-7(6-11)8(12)13;12-9(13)6-11-10(14)15-7-8-4-2-1-3-5-8;1-8(2,3)14-7(13)9-4-5(10)6(11)12;1-5(6(10)11)9-7(12)13-8(2,3)4;1-8(2,3)11(4,5)10-7-6-9;1-2-3-4-6-5-7-6;2*5-4(6,1-8-9-7)2(10)3(11)12;2*5-2(1-7-8-6)3(9)4(10)11;2*5-7-6-1-2(8)3(9)4(10)11/h7H,4-6H2,1-3H3,(H,12,13);1-5H,6-7H2,(H,11,14)(H,12,13);5,10H,4H2,1-3H3,(H,9,13)(H,11,12);5H,1-4H3,(H,9,12)(H,10,11);6H,7H2,1-5H3;6H,2-5H2,1H3;2*2,10H,1H2,(H,11,12);2*2-3,9H,1H2,(H,10,11);2*2-3,8-9H,1H2,(H,10,11)/t;;;;;;2-;;2-,3+;;2?,3-;2-,3?/m......1.1.01/s1. The van der Waals surface area contributed by atoms with Gasteiger partial charge in [-0.25, -0.2) is 83.9 Å². The number of unbranched alkanes of at least 4 members (excludes halogenated alkanes) is 1. The van der Waals surface area contributed by atoms with Crippen LogP contribution in [0.1, 0.15) is 122 Å². The number of aliphatic hydroxyl groups excluding tert-OH is 9. The minimum Gasteiger partial charge on any atom is -0.480 e. The molecule has 2 heterocycles. The van der Waals surface area contributed by atoms with Gasteiger partial charge in [0.05, 0.1) is 90.5 Å². The summed E-state index contributed by atoms with van der Waals surface area (Å²) < 4.78 is 109. The van der Waals surface area contributed by atoms with E-state index in [2.05, 4.69) is 107 Å². The van der Waals surface area contributed by atoms with E-state index in [0.717, 1.165) is 18.5 Å². The normalized spacial score (nSPS) is 14.9. The zero-order chi connectivity index (χ0) is 115. The Bertz CT molecular complexity index is 4140. The van der Waals surface area contributed by atoms with E-state index < -0.39 is 246 Å². The van der Waals surface area contributed by atoms with Gasteiger partial charge in [0.15, 0.2) is 44.9 Å². The molecule has 3 rings (SSSR count). The van der Waals surface area contributed by atoms with Gasteiger partial charge >= 0.3 is 84.1 Å². The highest BCUT2D eigenvalue weighted by molar-refractivity contribution is 6.74. The first-order valence-corrected chi connectivity index (χ1v) is 43.5. The predicted molar refractivity (Wildman–Crippen MR) is 478 cm³/mol. The molecule has 2 aliphatic rings. The van der Waals surface area contributed by atoms with Crippen molar-refractivity contribution >= 4 is 98.7 Å². The molecule has 0 aliphatic carbocycles. The number of aliphatic hydroxyl groups is 9. The van der Waals surface area contributed by atoms with Gasteiger partial charge in [0, 0.05) is 36.0 Å². The second-order valence-corrected chi connectivity index (χ2v) is 36.8. The van der Waals surface area contributed by atoms with Gasteiger partial charge in [-0.3, -0.25) is 9.59 Å². The summed E-state index contributed by atoms with van der Waals surface area (Å²) in [6.07, 6.45) is -20.8. The van der Waals surface area contributed by atoms with Crippen LogP contribution in [0, 0.1) is 0 Å². The maximum atomic E-state index is 12.4. The number of nitrogens with one attached hydrogen (secondary N) is 3. The van der Waals surface area contributed by atoms with Crippen LogP contribution >= 0.6 is 0 Å². The number of amides is 4. The number of ether oxygens (including phenoxy) is 6. The van der Waals surface area contributed by atoms with Gasteiger partial charge in [0.25, 0.3) is 11.8 Å². The number of azide groups is 6. The summed E-state index contributed by atoms with van der Waals surface area (Å²) in [7, 11) is -1.66. The van der Waals surface area contributed by atoms with E-state index in [0.29, 0.717) is 12.6 Å². The number of carbonyl (C=O) groups is 15. The predicted octanol–water partition coefficient (Wildman–Crippen LogP) is 5.55. The number of rotatable bonds is 40. The number of alkyl halides is 6. The van der Waals surface area contributed by atoms with Crippen LogP contribution in [-0.2, 0) is 92.2 Å². The third-order valence-corrected chi connectivity index (χ3v) is 19.6. The summed E-state index contributed by atoms with van der Waals surface area (Å²) in [5, 5.41) is 182. The number of benzene rings is 1. The average Bonchev–Trinajstić information content (AvgIpc) is 1.18. The van der Waals surface area contributed by atoms with Gasteiger partial charge < -0.3 is 156 Å². The fourth-order valence-corrected chi connectivity index (χ4v) is 7.68. The monoisotopic (exact) mass is 2120 g/mol. The Morgan fingerprint density at radius 1 is 0.521 bits per heavy atom. The Hall–Kier alpha value is -14.2. The Kier molecular flexibility index (Phi) is 81.4. The molecule has 2 saturated heterocycles. The molecule has 0 saturated carbocycles. The van der Waals surface area contributed by atoms with Crippen molar-refractivity contribution in [3.63, 3.8) is 0 Å². The van der Waals surface area contributed by atoms with Crippen LogP contribution in [0.3, 0.4) is 0 Å². The van der Waals surface area contributed by atoms with Gasteiger partial charge in [-0.15, -0.1) is 0 Å². The van der Waals surface area contributed by atoms with Crippen LogP contribution in [0.15, 0.2) is 61.0 Å². The first-order chi connectivity index (χ1) is 65.9. The fraction of sp³-hybridized carbons (Fsp3) is 0.716. The molecular weight excluding hydrogens is 2000 g/mol. The Balaban J connectivity index is -0.000000198. The number of carboxylic acids is 10. The third kappa shape index (κ3) is 88.1. The van der Waals surface area contributed by atoms with Crippen molar-refractivity contribution in [1.82, 2.24) is 20.9 Å². The van der Waals surface area contributed by atoms with E-state index in [1.807, 2.05) is 40.2 Å². The molecular formula is C74H124F6N22O41Si. The van der Waals surface area contributed by atoms with E-state index >= 15 is 0 Å². The topological polar surface area (TPSA) is 1040 Å². The molecule has 4 amide bonds. The van der Waals surface area contributed by atoms with Crippen LogP contribution in [0.25, 0.3) is 62.7 Å². The van der Waals surface area contributed by atoms with Crippen molar-refractivity contribution in [2.24, 2.45) is 30.7 Å². The molecule has 1 aromatic rings. The molecule has 0 radical (unpaired) electrons. The molecule has 1 aromatic carbocycles. The number of hydrogen-bond donors (Lipinski definition) is 22. The number of nitrogens with zero attached hydrogens (tertiary/aromatic N) is 19. The van der Waals surface area contributed by atoms with Crippen molar-refractivity contribution < 1.29 is 228 Å². The number of alkyl carbamates (subject to hydrolysis) is 3. The summed E-state index contributed by atoms with van der Waals surface area (Å²) in [5.41, 5.74) is 45.2. The van der Waals surface area contributed by atoms with Crippen LogP contribution in [0.5, 0.6) is 0 Å². The number of epoxide rings is 1. The second-order valence-electron chi connectivity index (χ2n) is 31.9. The Morgan fingerprint density at radius 2 is 0.896 bits per heavy atom. The fourth-order valence-electron chi connectivity index (χ4n) is 6.76. The smallest absolute Gasteiger partial charge is 0.410 e. The summed E-state index contributed by atoms with van der Waals surface area (Å²) in [4.78, 5) is 170. The van der Waals surface area contributed by atoms with Crippen LogP contribution in [0.2, 0.25) is 18.1 Å². The van der Waals surface area contributed by atoms with E-state index in [-0.39, 0.29) is 37.9 Å². The molecule has 822 valence electrons. The minimum absolute atomic E-state index is 0.0320. The summed E-state index contributed by atoms with van der Waals surface area (Å²) >= 11 is 0. The van der Waals surface area contributed by atoms with Gasteiger partial charge in [-0.1, -0.05) is 102 Å². The van der Waals surface area contributed by atoms with Crippen LogP contribution < -0.4 is 16.0 Å². The van der Waals surface area contributed by atoms with Gasteiger partial charge in [-0.2, -0.15) is 0 Å². The molecule has 0 spiro atoms. The van der Waals surface area contributed by atoms with Crippen molar-refractivity contribution in [1.29, 1.82) is 0 Å². The molecule has 2 aliphatic heterocycles. The largest absolute Gasteiger partial charge is 0.480 e. The van der Waals surface area contributed by atoms with E-state index in [1.165, 1.54) is 31.1 Å². The van der Waals surface area contributed by atoms with Gasteiger partial charge in [-0.05, 0) is 133 Å². The van der Waals surface area contributed by atoms with Crippen molar-refractivity contribution in [3.8, 4) is 0 Å². The number of aldehydes is 1. The third-order valence-electron chi connectivity index (χ3n) is 15.1. The summed E-state index contributed by atoms with van der Waals surface area (Å²) in [6.45, 7) is 26.0. The highest BCUT2D eigenvalue weighted by Crippen LogP contribution is 2.36. The summed E-state index contributed by atoms with van der Waals surface area (Å²) in [5.74, 6) is -23.1. The molecule has 22 N–H and O–H groups in total. The van der Waals surface area contributed by atoms with E-state index in [9.17, 15) is 98.3 Å². The maximum Gasteiger partial charge on any atom is 0.410 e. The highest BCUT2D eigenvalue weighted by atomic mass is 28.4. The SMILES string of the molecule is CC(C)(C)OC(=O)N1CCOC(C(=O)O)C1.CC(C)(C)OC(=O)NCC(O)C(=O)O.CC(C)(C)[Si](C)(C)OCC=O.CC(NC(=O)OC(C)(C)C)C(=O)O.CCCCC1CO1.O=C(O)CNC(=O)OCc1ccccc1.[N-]=[N+]=NCC(F)(F)C(O)C(=O)O.[N-]=[N+]=NCC(F)(F)[C@H](O)C(=O)O.[N-]=[N+]=NCC(F)C(O)C(=O)O.[N-]=[N+]=NCC(O)[C@H](O)C(=O)O.[N-]=[N+]=NC[C@@H](F)[C@H](O)C(=O)O.[N-]=[N+]=NC[C@@H](O)C(O)C(=O)O. The lowest BCUT2D eigenvalue weighted by Crippen LogP contribution is -2.49. The van der Waals surface area contributed by atoms with Crippen LogP contribution in [0.4, 0.5) is 45.5 Å². The van der Waals surface area contributed by atoms with Gasteiger partial charge in [0.2, 0.25) is 12.2 Å². The molecule has 2 fully saturated rings. The molecule has 9 unspecified atom stereocenters. The highest BCUT2D eigenvalue weighted by Gasteiger charge is 2.44. The zero-order valence-electron chi connectivity index (χ0n) is 80.3. The average molecular weight is 2120 g/mol. The zero-order valence-corrected chi connectivity index (χ0v) is 81.3. The molecule has 0 bridgehead atoms. The van der Waals surface area contributed by atoms with Crippen LogP contribution in [-0.4, -0.2) is 400 Å².